The Bertz CT molecular complexity index is 1260. The van der Waals surface area contributed by atoms with Crippen LogP contribution in [-0.4, -0.2) is 33.0 Å². The van der Waals surface area contributed by atoms with E-state index in [-0.39, 0.29) is 17.3 Å². The lowest BCUT2D eigenvalue weighted by Gasteiger charge is -2.13. The SMILES string of the molecule is COc1nc2c(Cn3nccc3Cc3ccccc3F)cc(Cl)cc2cc1C(=O)O. The summed E-state index contributed by atoms with van der Waals surface area (Å²) in [4.78, 5) is 15.9. The fourth-order valence-corrected chi connectivity index (χ4v) is 3.63. The van der Waals surface area contributed by atoms with Gasteiger partial charge in [-0.1, -0.05) is 29.8 Å². The maximum atomic E-state index is 14.1. The molecule has 4 aromatic rings. The lowest BCUT2D eigenvalue weighted by Crippen LogP contribution is -2.09. The molecule has 8 heteroatoms. The fourth-order valence-electron chi connectivity index (χ4n) is 3.38. The van der Waals surface area contributed by atoms with Crippen molar-refractivity contribution < 1.29 is 19.0 Å². The zero-order valence-corrected chi connectivity index (χ0v) is 16.7. The lowest BCUT2D eigenvalue weighted by atomic mass is 10.1. The number of hydrogen-bond donors (Lipinski definition) is 1. The minimum absolute atomic E-state index is 0.0191. The average Bonchev–Trinajstić information content (AvgIpc) is 3.15. The minimum atomic E-state index is -1.14. The highest BCUT2D eigenvalue weighted by atomic mass is 35.5. The molecule has 0 atom stereocenters. The van der Waals surface area contributed by atoms with Crippen LogP contribution < -0.4 is 4.74 Å². The minimum Gasteiger partial charge on any atom is -0.480 e. The summed E-state index contributed by atoms with van der Waals surface area (Å²) in [7, 11) is 1.37. The Balaban J connectivity index is 1.76. The van der Waals surface area contributed by atoms with Gasteiger partial charge in [0.15, 0.2) is 0 Å². The van der Waals surface area contributed by atoms with Crippen molar-refractivity contribution in [3.05, 3.63) is 88.0 Å². The molecule has 0 saturated heterocycles. The number of pyridine rings is 1. The molecule has 0 saturated carbocycles. The summed E-state index contributed by atoms with van der Waals surface area (Å²) in [6.07, 6.45) is 2.03. The van der Waals surface area contributed by atoms with Crippen LogP contribution in [0.2, 0.25) is 5.02 Å². The first-order valence-corrected chi connectivity index (χ1v) is 9.48. The van der Waals surface area contributed by atoms with Crippen LogP contribution >= 0.6 is 11.6 Å². The van der Waals surface area contributed by atoms with Gasteiger partial charge >= 0.3 is 5.97 Å². The molecule has 1 N–H and O–H groups in total. The normalized spacial score (nSPS) is 11.0. The van der Waals surface area contributed by atoms with E-state index in [1.54, 1.807) is 41.2 Å². The lowest BCUT2D eigenvalue weighted by molar-refractivity contribution is 0.0692. The molecule has 0 aliphatic rings. The Labute approximate surface area is 176 Å². The third-order valence-electron chi connectivity index (χ3n) is 4.80. The van der Waals surface area contributed by atoms with Crippen molar-refractivity contribution >= 4 is 28.5 Å². The van der Waals surface area contributed by atoms with Gasteiger partial charge < -0.3 is 9.84 Å². The van der Waals surface area contributed by atoms with Crippen molar-refractivity contribution in [2.24, 2.45) is 0 Å². The van der Waals surface area contributed by atoms with E-state index in [9.17, 15) is 14.3 Å². The van der Waals surface area contributed by atoms with Crippen molar-refractivity contribution in [3.8, 4) is 5.88 Å². The first-order chi connectivity index (χ1) is 14.5. The van der Waals surface area contributed by atoms with Crippen LogP contribution in [0.25, 0.3) is 10.9 Å². The number of carboxylic acid groups (broad SMARTS) is 1. The monoisotopic (exact) mass is 425 g/mol. The van der Waals surface area contributed by atoms with Gasteiger partial charge in [-0.25, -0.2) is 14.2 Å². The largest absolute Gasteiger partial charge is 0.480 e. The number of fused-ring (bicyclic) bond motifs is 1. The van der Waals surface area contributed by atoms with Gasteiger partial charge in [-0.3, -0.25) is 4.68 Å². The number of rotatable bonds is 6. The number of nitrogens with zero attached hydrogens (tertiary/aromatic N) is 3. The van der Waals surface area contributed by atoms with Crippen molar-refractivity contribution in [3.63, 3.8) is 0 Å². The summed E-state index contributed by atoms with van der Waals surface area (Å²) >= 11 is 6.27. The summed E-state index contributed by atoms with van der Waals surface area (Å²) < 4.78 is 21.0. The van der Waals surface area contributed by atoms with Crippen molar-refractivity contribution in [2.45, 2.75) is 13.0 Å². The Hall–Kier alpha value is -3.45. The Morgan fingerprint density at radius 3 is 2.73 bits per heavy atom. The molecule has 0 spiro atoms. The van der Waals surface area contributed by atoms with Crippen LogP contribution in [0.1, 0.15) is 27.2 Å². The molecule has 0 fully saturated rings. The molecule has 0 aliphatic carbocycles. The zero-order chi connectivity index (χ0) is 21.3. The number of ether oxygens (including phenoxy) is 1. The van der Waals surface area contributed by atoms with Gasteiger partial charge in [0.25, 0.3) is 0 Å². The first kappa shape index (κ1) is 19.8. The van der Waals surface area contributed by atoms with Crippen LogP contribution in [0.4, 0.5) is 4.39 Å². The number of benzene rings is 2. The number of carbonyl (C=O) groups is 1. The maximum absolute atomic E-state index is 14.1. The van der Waals surface area contributed by atoms with E-state index in [1.165, 1.54) is 19.2 Å². The number of aromatic carboxylic acids is 1. The second-order valence-electron chi connectivity index (χ2n) is 6.74. The van der Waals surface area contributed by atoms with E-state index in [1.807, 2.05) is 6.07 Å². The van der Waals surface area contributed by atoms with Gasteiger partial charge in [-0.2, -0.15) is 5.10 Å². The van der Waals surface area contributed by atoms with Crippen molar-refractivity contribution in [1.82, 2.24) is 14.8 Å². The molecule has 30 heavy (non-hydrogen) atoms. The number of hydrogen-bond acceptors (Lipinski definition) is 4. The van der Waals surface area contributed by atoms with Crippen molar-refractivity contribution in [2.75, 3.05) is 7.11 Å². The summed E-state index contributed by atoms with van der Waals surface area (Å²) in [5, 5.41) is 14.8. The number of carboxylic acids is 1. The molecule has 2 heterocycles. The molecule has 0 radical (unpaired) electrons. The third kappa shape index (κ3) is 3.84. The third-order valence-corrected chi connectivity index (χ3v) is 5.02. The molecule has 152 valence electrons. The van der Waals surface area contributed by atoms with E-state index in [0.717, 1.165) is 11.3 Å². The van der Waals surface area contributed by atoms with E-state index < -0.39 is 5.97 Å². The molecule has 2 aromatic carbocycles. The molecule has 0 aliphatic heterocycles. The summed E-state index contributed by atoms with van der Waals surface area (Å²) in [5.41, 5.74) is 2.65. The van der Waals surface area contributed by atoms with E-state index in [0.29, 0.717) is 34.5 Å². The zero-order valence-electron chi connectivity index (χ0n) is 16.0. The van der Waals surface area contributed by atoms with Crippen LogP contribution in [0, 0.1) is 5.82 Å². The van der Waals surface area contributed by atoms with Gasteiger partial charge in [0.1, 0.15) is 11.4 Å². The molecule has 2 aromatic heterocycles. The highest BCUT2D eigenvalue weighted by molar-refractivity contribution is 6.31. The summed E-state index contributed by atoms with van der Waals surface area (Å²) in [6, 6.07) is 13.3. The van der Waals surface area contributed by atoms with E-state index in [2.05, 4.69) is 10.1 Å². The molecular formula is C22H17ClFN3O3. The number of halogens is 2. The maximum Gasteiger partial charge on any atom is 0.341 e. The molecule has 0 amide bonds. The van der Waals surface area contributed by atoms with Crippen LogP contribution in [0.15, 0.2) is 54.7 Å². The van der Waals surface area contributed by atoms with Gasteiger partial charge in [0.2, 0.25) is 5.88 Å². The van der Waals surface area contributed by atoms with Gasteiger partial charge in [0.05, 0.1) is 19.2 Å². The average molecular weight is 426 g/mol. The van der Waals surface area contributed by atoms with Crippen molar-refractivity contribution in [1.29, 1.82) is 0 Å². The van der Waals surface area contributed by atoms with E-state index >= 15 is 0 Å². The second kappa shape index (κ2) is 8.12. The standard InChI is InChI=1S/C22H17ClFN3O3/c1-30-21-18(22(28)29)11-14-8-16(23)9-15(20(14)26-21)12-27-17(6-7-25-27)10-13-4-2-3-5-19(13)24/h2-9,11H,10,12H2,1H3,(H,28,29). The van der Waals surface area contributed by atoms with E-state index in [4.69, 9.17) is 16.3 Å². The highest BCUT2D eigenvalue weighted by Crippen LogP contribution is 2.29. The Morgan fingerprint density at radius 1 is 1.20 bits per heavy atom. The van der Waals surface area contributed by atoms with Gasteiger partial charge in [-0.15, -0.1) is 0 Å². The molecule has 4 rings (SSSR count). The van der Waals surface area contributed by atoms with Crippen LogP contribution in [-0.2, 0) is 13.0 Å². The van der Waals surface area contributed by atoms with Gasteiger partial charge in [-0.05, 0) is 35.9 Å². The predicted octanol–water partition coefficient (Wildman–Crippen LogP) is 4.57. The first-order valence-electron chi connectivity index (χ1n) is 9.11. The number of methoxy groups -OCH3 is 1. The van der Waals surface area contributed by atoms with Gasteiger partial charge in [0, 0.05) is 34.3 Å². The quantitative estimate of drug-likeness (QED) is 0.489. The fraction of sp³-hybridized carbons (Fsp3) is 0.136. The molecule has 0 unspecified atom stereocenters. The molecule has 6 nitrogen and oxygen atoms in total. The molecule has 0 bridgehead atoms. The van der Waals surface area contributed by atoms with Crippen LogP contribution in [0.3, 0.4) is 0 Å². The second-order valence-corrected chi connectivity index (χ2v) is 7.17. The van der Waals surface area contributed by atoms with Crippen LogP contribution in [0.5, 0.6) is 5.88 Å². The Kier molecular flexibility index (Phi) is 5.37. The molecular weight excluding hydrogens is 409 g/mol. The highest BCUT2D eigenvalue weighted by Gasteiger charge is 2.17. The predicted molar refractivity (Wildman–Crippen MR) is 111 cm³/mol. The summed E-state index contributed by atoms with van der Waals surface area (Å²) in [5.74, 6) is -1.39. The smallest absolute Gasteiger partial charge is 0.341 e. The summed E-state index contributed by atoms with van der Waals surface area (Å²) in [6.45, 7) is 0.330. The topological polar surface area (TPSA) is 77.2 Å². The number of aromatic nitrogens is 3. The Morgan fingerprint density at radius 2 is 2.00 bits per heavy atom.